The van der Waals surface area contributed by atoms with E-state index in [2.05, 4.69) is 41.6 Å². The fraction of sp³-hybridized carbons (Fsp3) is 0.500. The summed E-state index contributed by atoms with van der Waals surface area (Å²) in [6.45, 7) is 8.94. The summed E-state index contributed by atoms with van der Waals surface area (Å²) in [5, 5.41) is 15.0. The Morgan fingerprint density at radius 3 is 2.76 bits per heavy atom. The second-order valence-corrected chi connectivity index (χ2v) is 12.2. The molecule has 1 atom stereocenters. The van der Waals surface area contributed by atoms with Crippen molar-refractivity contribution in [1.29, 1.82) is 0 Å². The first kappa shape index (κ1) is 27.9. The molecule has 2 N–H and O–H groups in total. The lowest BCUT2D eigenvalue weighted by atomic mass is 9.72. The molecule has 0 saturated carbocycles. The summed E-state index contributed by atoms with van der Waals surface area (Å²) >= 11 is 2.70. The van der Waals surface area contributed by atoms with Crippen LogP contribution in [0.4, 0.5) is 5.00 Å². The molecule has 0 bridgehead atoms. The number of rotatable bonds is 9. The average molecular weight is 560 g/mol. The van der Waals surface area contributed by atoms with Crippen LogP contribution >= 0.6 is 23.1 Å². The van der Waals surface area contributed by atoms with Crippen molar-refractivity contribution in [1.82, 2.24) is 20.1 Å². The Morgan fingerprint density at radius 2 is 2.08 bits per heavy atom. The molecule has 0 aromatic carbocycles. The number of hydrogen-bond acceptors (Lipinski definition) is 9. The maximum absolute atomic E-state index is 12.9. The summed E-state index contributed by atoms with van der Waals surface area (Å²) in [5.41, 5.74) is 1.67. The second-order valence-electron chi connectivity index (χ2n) is 10.2. The first-order valence-electron chi connectivity index (χ1n) is 12.5. The number of ether oxygens (including phenoxy) is 1. The number of aromatic nitrogens is 3. The van der Waals surface area contributed by atoms with Gasteiger partial charge in [0.15, 0.2) is 16.7 Å². The summed E-state index contributed by atoms with van der Waals surface area (Å²) in [4.78, 5) is 39.0. The van der Waals surface area contributed by atoms with E-state index >= 15 is 0 Å². The molecule has 0 radical (unpaired) electrons. The van der Waals surface area contributed by atoms with Crippen molar-refractivity contribution in [2.75, 3.05) is 17.7 Å². The first-order valence-corrected chi connectivity index (χ1v) is 14.3. The van der Waals surface area contributed by atoms with Crippen LogP contribution in [-0.2, 0) is 36.0 Å². The molecule has 1 aliphatic rings. The van der Waals surface area contributed by atoms with Gasteiger partial charge in [0.25, 0.3) is 5.91 Å². The number of furan rings is 1. The summed E-state index contributed by atoms with van der Waals surface area (Å²) in [6.07, 6.45) is 4.11. The number of carbonyl (C=O) groups is 3. The molecule has 4 rings (SSSR count). The molecule has 0 saturated heterocycles. The maximum Gasteiger partial charge on any atom is 0.341 e. The van der Waals surface area contributed by atoms with Gasteiger partial charge in [0.2, 0.25) is 5.91 Å². The van der Waals surface area contributed by atoms with Crippen molar-refractivity contribution in [3.05, 3.63) is 46.0 Å². The predicted octanol–water partition coefficient (Wildman–Crippen LogP) is 4.46. The topological polar surface area (TPSA) is 128 Å². The van der Waals surface area contributed by atoms with Gasteiger partial charge in [-0.25, -0.2) is 4.79 Å². The van der Waals surface area contributed by atoms with Crippen LogP contribution in [-0.4, -0.2) is 44.9 Å². The van der Waals surface area contributed by atoms with E-state index < -0.39 is 5.97 Å². The predicted molar refractivity (Wildman–Crippen MR) is 145 cm³/mol. The minimum absolute atomic E-state index is 0.0835. The van der Waals surface area contributed by atoms with Crippen LogP contribution in [0.5, 0.6) is 0 Å². The highest BCUT2D eigenvalue weighted by Gasteiger charge is 2.34. The van der Waals surface area contributed by atoms with Crippen LogP contribution in [0.1, 0.15) is 71.3 Å². The number of hydrogen-bond donors (Lipinski definition) is 2. The van der Waals surface area contributed by atoms with Crippen LogP contribution in [0.3, 0.4) is 0 Å². The third-order valence-electron chi connectivity index (χ3n) is 6.63. The summed E-state index contributed by atoms with van der Waals surface area (Å²) in [7, 11) is 1.77. The molecule has 0 aliphatic heterocycles. The number of thiophene rings is 1. The van der Waals surface area contributed by atoms with E-state index in [0.717, 1.165) is 29.7 Å². The Bertz CT molecular complexity index is 1310. The molecule has 3 aromatic heterocycles. The van der Waals surface area contributed by atoms with Gasteiger partial charge in [-0.2, -0.15) is 0 Å². The number of nitrogens with zero attached hydrogens (tertiary/aromatic N) is 3. The Balaban J connectivity index is 1.40. The molecular weight excluding hydrogens is 526 g/mol. The van der Waals surface area contributed by atoms with Crippen molar-refractivity contribution in [3.63, 3.8) is 0 Å². The SMILES string of the molecule is CCOC(=O)c1c(NC(=O)CSc2nnc(CNC(=O)c3ccco3)n2C)sc2c1CCC(C(C)(C)C)C2. The van der Waals surface area contributed by atoms with Gasteiger partial charge in [-0.3, -0.25) is 9.59 Å². The minimum atomic E-state index is -0.392. The summed E-state index contributed by atoms with van der Waals surface area (Å²) < 4.78 is 12.1. The summed E-state index contributed by atoms with van der Waals surface area (Å²) in [5.74, 6) is 0.355. The normalized spacial score (nSPS) is 15.1. The Morgan fingerprint density at radius 1 is 1.29 bits per heavy atom. The van der Waals surface area contributed by atoms with Gasteiger partial charge in [-0.05, 0) is 55.2 Å². The van der Waals surface area contributed by atoms with E-state index in [9.17, 15) is 14.4 Å². The lowest BCUT2D eigenvalue weighted by molar-refractivity contribution is -0.113. The van der Waals surface area contributed by atoms with Gasteiger partial charge in [0, 0.05) is 11.9 Å². The lowest BCUT2D eigenvalue weighted by Crippen LogP contribution is -2.26. The van der Waals surface area contributed by atoms with E-state index in [-0.39, 0.29) is 41.9 Å². The Hall–Kier alpha value is -3.12. The second kappa shape index (κ2) is 11.7. The zero-order valence-corrected chi connectivity index (χ0v) is 23.9. The van der Waals surface area contributed by atoms with E-state index in [1.165, 1.54) is 29.4 Å². The standard InChI is InChI=1S/C26H33N5O5S2/c1-6-35-24(34)21-16-10-9-15(26(2,3)4)12-18(16)38-23(21)28-20(32)14-37-25-30-29-19(31(25)5)13-27-22(33)17-8-7-11-36-17/h7-8,11,15H,6,9-10,12-14H2,1-5H3,(H,27,33)(H,28,32). The molecule has 0 spiro atoms. The van der Waals surface area contributed by atoms with Gasteiger partial charge in [0.1, 0.15) is 5.00 Å². The largest absolute Gasteiger partial charge is 0.462 e. The van der Waals surface area contributed by atoms with Crippen molar-refractivity contribution in [2.24, 2.45) is 18.4 Å². The third-order valence-corrected chi connectivity index (χ3v) is 8.82. The van der Waals surface area contributed by atoms with Crippen LogP contribution in [0.25, 0.3) is 0 Å². The zero-order valence-electron chi connectivity index (χ0n) is 22.3. The number of carbonyl (C=O) groups excluding carboxylic acids is 3. The van der Waals surface area contributed by atoms with Gasteiger partial charge in [0.05, 0.1) is 30.7 Å². The Kier molecular flexibility index (Phi) is 8.61. The van der Waals surface area contributed by atoms with Gasteiger partial charge in [-0.1, -0.05) is 32.5 Å². The van der Waals surface area contributed by atoms with Gasteiger partial charge >= 0.3 is 5.97 Å². The van der Waals surface area contributed by atoms with Crippen LogP contribution < -0.4 is 10.6 Å². The number of fused-ring (bicyclic) bond motifs is 1. The molecule has 10 nitrogen and oxygen atoms in total. The highest BCUT2D eigenvalue weighted by molar-refractivity contribution is 7.99. The summed E-state index contributed by atoms with van der Waals surface area (Å²) in [6, 6.07) is 3.22. The van der Waals surface area contributed by atoms with Crippen LogP contribution in [0.2, 0.25) is 0 Å². The number of nitrogens with one attached hydrogen (secondary N) is 2. The molecule has 204 valence electrons. The van der Waals surface area contributed by atoms with Crippen LogP contribution in [0.15, 0.2) is 28.0 Å². The molecule has 3 aromatic rings. The van der Waals surface area contributed by atoms with Crippen molar-refractivity contribution in [2.45, 2.75) is 58.7 Å². The van der Waals surface area contributed by atoms with Crippen molar-refractivity contribution < 1.29 is 23.5 Å². The van der Waals surface area contributed by atoms with E-state index in [1.54, 1.807) is 30.7 Å². The quantitative estimate of drug-likeness (QED) is 0.291. The number of amides is 2. The Labute approximate surface area is 229 Å². The molecule has 2 amide bonds. The van der Waals surface area contributed by atoms with Gasteiger partial charge in [-0.15, -0.1) is 21.5 Å². The third kappa shape index (κ3) is 6.29. The minimum Gasteiger partial charge on any atom is -0.462 e. The molecule has 3 heterocycles. The molecule has 1 unspecified atom stereocenters. The van der Waals surface area contributed by atoms with Crippen LogP contribution in [0, 0.1) is 11.3 Å². The number of thioether (sulfide) groups is 1. The maximum atomic E-state index is 12.9. The monoisotopic (exact) mass is 559 g/mol. The average Bonchev–Trinajstić information content (AvgIpc) is 3.59. The van der Waals surface area contributed by atoms with E-state index in [4.69, 9.17) is 9.15 Å². The van der Waals surface area contributed by atoms with E-state index in [1.807, 2.05) is 0 Å². The molecule has 1 aliphatic carbocycles. The first-order chi connectivity index (χ1) is 18.1. The van der Waals surface area contributed by atoms with Gasteiger partial charge < -0.3 is 24.4 Å². The van der Waals surface area contributed by atoms with Crippen molar-refractivity contribution in [3.8, 4) is 0 Å². The molecular formula is C26H33N5O5S2. The zero-order chi connectivity index (χ0) is 27.4. The highest BCUT2D eigenvalue weighted by atomic mass is 32.2. The van der Waals surface area contributed by atoms with E-state index in [0.29, 0.717) is 27.5 Å². The highest BCUT2D eigenvalue weighted by Crippen LogP contribution is 2.44. The number of esters is 1. The molecule has 12 heteroatoms. The fourth-order valence-corrected chi connectivity index (χ4v) is 6.47. The lowest BCUT2D eigenvalue weighted by Gasteiger charge is -2.33. The van der Waals surface area contributed by atoms with Crippen molar-refractivity contribution >= 4 is 45.9 Å². The molecule has 38 heavy (non-hydrogen) atoms. The molecule has 0 fully saturated rings. The smallest absolute Gasteiger partial charge is 0.341 e. The fourth-order valence-electron chi connectivity index (χ4n) is 4.40. The number of anilines is 1.